The molecule has 0 spiro atoms. The number of rotatable bonds is 18. The van der Waals surface area contributed by atoms with Gasteiger partial charge in [0.25, 0.3) is 0 Å². The maximum Gasteiger partial charge on any atom is 0.303 e. The molecule has 3 N–H and O–H groups in total. The van der Waals surface area contributed by atoms with Crippen molar-refractivity contribution in [1.82, 2.24) is 0 Å². The molecule has 0 aliphatic rings. The predicted octanol–water partition coefficient (Wildman–Crippen LogP) is 3.30. The fourth-order valence-corrected chi connectivity index (χ4v) is 4.74. The Morgan fingerprint density at radius 3 is 2.12 bits per heavy atom. The molecule has 0 aliphatic heterocycles. The lowest BCUT2D eigenvalue weighted by molar-refractivity contribution is -0.137. The van der Waals surface area contributed by atoms with Gasteiger partial charge < -0.3 is 15.3 Å². The van der Waals surface area contributed by atoms with E-state index in [9.17, 15) is 18.3 Å². The van der Waals surface area contributed by atoms with Crippen molar-refractivity contribution >= 4 is 15.8 Å². The van der Waals surface area contributed by atoms with Gasteiger partial charge in [-0.3, -0.25) is 4.79 Å². The number of carboxylic acids is 1. The highest BCUT2D eigenvalue weighted by Gasteiger charge is 2.25. The summed E-state index contributed by atoms with van der Waals surface area (Å²) < 4.78 is 24.7. The van der Waals surface area contributed by atoms with E-state index in [1.54, 1.807) is 0 Å². The SMILES string of the molecule is CCCCCC(O)CCC(CCCCCCCC(=O)O)S(=O)(=O)CCO. The van der Waals surface area contributed by atoms with Crippen molar-refractivity contribution in [2.45, 2.75) is 102 Å². The first-order valence-corrected chi connectivity index (χ1v) is 11.8. The van der Waals surface area contributed by atoms with Crippen LogP contribution in [0.1, 0.15) is 90.4 Å². The summed E-state index contributed by atoms with van der Waals surface area (Å²) in [5.74, 6) is -1.000. The molecule has 6 nitrogen and oxygen atoms in total. The van der Waals surface area contributed by atoms with Gasteiger partial charge >= 0.3 is 5.97 Å². The van der Waals surface area contributed by atoms with Crippen LogP contribution in [0.4, 0.5) is 0 Å². The van der Waals surface area contributed by atoms with E-state index in [1.807, 2.05) is 0 Å². The van der Waals surface area contributed by atoms with E-state index >= 15 is 0 Å². The maximum absolute atomic E-state index is 12.3. The van der Waals surface area contributed by atoms with Gasteiger partial charge in [0.1, 0.15) is 0 Å². The molecule has 0 aliphatic carbocycles. The summed E-state index contributed by atoms with van der Waals surface area (Å²) in [6, 6.07) is 0. The third kappa shape index (κ3) is 13.5. The van der Waals surface area contributed by atoms with E-state index in [0.717, 1.165) is 44.9 Å². The molecule has 26 heavy (non-hydrogen) atoms. The average Bonchev–Trinajstić information content (AvgIpc) is 2.56. The third-order valence-electron chi connectivity index (χ3n) is 4.76. The van der Waals surface area contributed by atoms with Gasteiger partial charge in [0.05, 0.1) is 23.7 Å². The molecule has 0 fully saturated rings. The number of carbonyl (C=O) groups is 1. The lowest BCUT2D eigenvalue weighted by atomic mass is 10.0. The minimum atomic E-state index is -3.34. The number of hydrogen-bond acceptors (Lipinski definition) is 5. The molecular formula is C19H38O6S. The fraction of sp³-hybridized carbons (Fsp3) is 0.947. The molecular weight excluding hydrogens is 356 g/mol. The highest BCUT2D eigenvalue weighted by Crippen LogP contribution is 2.20. The van der Waals surface area contributed by atoms with Crippen LogP contribution in [0.15, 0.2) is 0 Å². The number of sulfone groups is 1. The molecule has 0 heterocycles. The summed E-state index contributed by atoms with van der Waals surface area (Å²) in [6.07, 6.45) is 9.09. The summed E-state index contributed by atoms with van der Waals surface area (Å²) in [4.78, 5) is 10.5. The lowest BCUT2D eigenvalue weighted by Crippen LogP contribution is -2.27. The minimum absolute atomic E-state index is 0.184. The molecule has 0 aromatic rings. The summed E-state index contributed by atoms with van der Waals surface area (Å²) >= 11 is 0. The van der Waals surface area contributed by atoms with Gasteiger partial charge in [-0.2, -0.15) is 0 Å². The van der Waals surface area contributed by atoms with Gasteiger partial charge in [0, 0.05) is 6.42 Å². The second-order valence-electron chi connectivity index (χ2n) is 7.14. The highest BCUT2D eigenvalue weighted by molar-refractivity contribution is 7.92. The molecule has 0 radical (unpaired) electrons. The van der Waals surface area contributed by atoms with Crippen LogP contribution in [0, 0.1) is 0 Å². The Bertz CT molecular complexity index is 449. The van der Waals surface area contributed by atoms with Crippen LogP contribution in [0.2, 0.25) is 0 Å². The maximum atomic E-state index is 12.3. The first kappa shape index (κ1) is 25.3. The highest BCUT2D eigenvalue weighted by atomic mass is 32.2. The van der Waals surface area contributed by atoms with Crippen molar-refractivity contribution < 1.29 is 28.5 Å². The number of aliphatic hydroxyl groups is 2. The van der Waals surface area contributed by atoms with E-state index < -0.39 is 27.2 Å². The summed E-state index contributed by atoms with van der Waals surface area (Å²) in [5.41, 5.74) is 0. The number of aliphatic carboxylic acids is 1. The first-order valence-electron chi connectivity index (χ1n) is 10.1. The topological polar surface area (TPSA) is 112 Å². The van der Waals surface area contributed by atoms with Crippen molar-refractivity contribution in [3.8, 4) is 0 Å². The van der Waals surface area contributed by atoms with E-state index in [1.165, 1.54) is 0 Å². The smallest absolute Gasteiger partial charge is 0.303 e. The van der Waals surface area contributed by atoms with Crippen LogP contribution in [-0.4, -0.2) is 53.4 Å². The normalized spacial score (nSPS) is 14.3. The van der Waals surface area contributed by atoms with E-state index in [0.29, 0.717) is 32.1 Å². The molecule has 0 saturated carbocycles. The van der Waals surface area contributed by atoms with Gasteiger partial charge in [-0.15, -0.1) is 0 Å². The molecule has 7 heteroatoms. The Morgan fingerprint density at radius 2 is 1.50 bits per heavy atom. The van der Waals surface area contributed by atoms with Crippen molar-refractivity contribution in [2.24, 2.45) is 0 Å². The van der Waals surface area contributed by atoms with Crippen LogP contribution in [0.25, 0.3) is 0 Å². The minimum Gasteiger partial charge on any atom is -0.481 e. The summed E-state index contributed by atoms with van der Waals surface area (Å²) in [6.45, 7) is 1.73. The number of carboxylic acid groups (broad SMARTS) is 1. The molecule has 0 rings (SSSR count). The molecule has 0 amide bonds. The molecule has 0 bridgehead atoms. The molecule has 0 aromatic heterocycles. The average molecular weight is 395 g/mol. The monoisotopic (exact) mass is 394 g/mol. The van der Waals surface area contributed by atoms with E-state index in [-0.39, 0.29) is 18.8 Å². The van der Waals surface area contributed by atoms with Gasteiger partial charge in [0.15, 0.2) is 9.84 Å². The van der Waals surface area contributed by atoms with E-state index in [2.05, 4.69) is 6.92 Å². The zero-order valence-electron chi connectivity index (χ0n) is 16.2. The van der Waals surface area contributed by atoms with Gasteiger partial charge in [-0.1, -0.05) is 51.9 Å². The van der Waals surface area contributed by atoms with Gasteiger partial charge in [-0.05, 0) is 32.1 Å². The molecule has 156 valence electrons. The second kappa shape index (κ2) is 15.4. The van der Waals surface area contributed by atoms with Gasteiger partial charge in [-0.25, -0.2) is 8.42 Å². The molecule has 2 atom stereocenters. The van der Waals surface area contributed by atoms with Crippen molar-refractivity contribution in [3.63, 3.8) is 0 Å². The fourth-order valence-electron chi connectivity index (χ4n) is 3.13. The standard InChI is InChI=1S/C19H38O6S/c1-2-3-7-10-17(21)13-14-18(26(24,25)16-15-20)11-8-5-4-6-9-12-19(22)23/h17-18,20-21H,2-16H2,1H3,(H,22,23). The van der Waals surface area contributed by atoms with Crippen molar-refractivity contribution in [1.29, 1.82) is 0 Å². The number of aliphatic hydroxyl groups excluding tert-OH is 2. The zero-order chi connectivity index (χ0) is 19.8. The Labute approximate surface area is 158 Å². The Hall–Kier alpha value is -0.660. The van der Waals surface area contributed by atoms with Crippen LogP contribution in [0.5, 0.6) is 0 Å². The van der Waals surface area contributed by atoms with Crippen LogP contribution < -0.4 is 0 Å². The summed E-state index contributed by atoms with van der Waals surface area (Å²) in [7, 11) is -3.34. The Morgan fingerprint density at radius 1 is 0.885 bits per heavy atom. The largest absolute Gasteiger partial charge is 0.481 e. The Kier molecular flexibility index (Phi) is 15.0. The Balaban J connectivity index is 4.25. The quantitative estimate of drug-likeness (QED) is 0.308. The zero-order valence-corrected chi connectivity index (χ0v) is 17.1. The van der Waals surface area contributed by atoms with Crippen LogP contribution >= 0.6 is 0 Å². The lowest BCUT2D eigenvalue weighted by Gasteiger charge is -2.19. The van der Waals surface area contributed by atoms with Gasteiger partial charge in [0.2, 0.25) is 0 Å². The van der Waals surface area contributed by atoms with Crippen LogP contribution in [0.3, 0.4) is 0 Å². The molecule has 2 unspecified atom stereocenters. The first-order chi connectivity index (χ1) is 12.3. The number of hydrogen-bond donors (Lipinski definition) is 3. The van der Waals surface area contributed by atoms with E-state index in [4.69, 9.17) is 10.2 Å². The molecule has 0 aromatic carbocycles. The van der Waals surface area contributed by atoms with Crippen LogP contribution in [-0.2, 0) is 14.6 Å². The summed E-state index contributed by atoms with van der Waals surface area (Å²) in [5, 5.41) is 27.1. The predicted molar refractivity (Wildman–Crippen MR) is 104 cm³/mol. The third-order valence-corrected chi connectivity index (χ3v) is 7.00. The molecule has 0 saturated heterocycles. The van der Waals surface area contributed by atoms with Crippen molar-refractivity contribution in [2.75, 3.05) is 12.4 Å². The van der Waals surface area contributed by atoms with Crippen molar-refractivity contribution in [3.05, 3.63) is 0 Å². The second-order valence-corrected chi connectivity index (χ2v) is 9.54. The number of unbranched alkanes of at least 4 members (excludes halogenated alkanes) is 6.